The summed E-state index contributed by atoms with van der Waals surface area (Å²) in [6, 6.07) is 4.57. The predicted octanol–water partition coefficient (Wildman–Crippen LogP) is 0.644. The third-order valence-electron chi connectivity index (χ3n) is 2.82. The van der Waals surface area contributed by atoms with E-state index >= 15 is 0 Å². The zero-order valence-electron chi connectivity index (χ0n) is 9.45. The number of anilines is 1. The number of rotatable bonds is 2. The summed E-state index contributed by atoms with van der Waals surface area (Å²) in [6.45, 7) is 1.12. The minimum absolute atomic E-state index is 0.116. The molecular formula is C12H15FN2O2. The first-order chi connectivity index (χ1) is 8.22. The van der Waals surface area contributed by atoms with Gasteiger partial charge in [-0.15, -0.1) is 0 Å². The van der Waals surface area contributed by atoms with Gasteiger partial charge in [0.05, 0.1) is 18.8 Å². The van der Waals surface area contributed by atoms with Crippen molar-refractivity contribution in [3.63, 3.8) is 0 Å². The minimum Gasteiger partial charge on any atom is -0.392 e. The van der Waals surface area contributed by atoms with Gasteiger partial charge in [0.1, 0.15) is 5.82 Å². The Bertz CT molecular complexity index is 423. The van der Waals surface area contributed by atoms with E-state index in [-0.39, 0.29) is 19.1 Å². The molecule has 0 radical (unpaired) electrons. The number of amides is 1. The lowest BCUT2D eigenvalue weighted by molar-refractivity contribution is -0.119. The number of aliphatic hydroxyl groups excluding tert-OH is 1. The molecule has 17 heavy (non-hydrogen) atoms. The molecule has 4 nitrogen and oxygen atoms in total. The highest BCUT2D eigenvalue weighted by molar-refractivity contribution is 5.82. The topological polar surface area (TPSA) is 52.6 Å². The molecule has 1 aromatic rings. The first-order valence-electron chi connectivity index (χ1n) is 5.62. The van der Waals surface area contributed by atoms with E-state index in [9.17, 15) is 14.3 Å². The Balaban J connectivity index is 2.34. The smallest absolute Gasteiger partial charge is 0.239 e. The molecule has 0 unspecified atom stereocenters. The van der Waals surface area contributed by atoms with Crippen molar-refractivity contribution in [1.29, 1.82) is 0 Å². The van der Waals surface area contributed by atoms with E-state index < -0.39 is 5.82 Å². The molecular weight excluding hydrogens is 223 g/mol. The highest BCUT2D eigenvalue weighted by atomic mass is 19.1. The van der Waals surface area contributed by atoms with Crippen LogP contribution in [0.1, 0.15) is 12.0 Å². The summed E-state index contributed by atoms with van der Waals surface area (Å²) < 4.78 is 13.8. The summed E-state index contributed by atoms with van der Waals surface area (Å²) in [5.74, 6) is -0.513. The Hall–Kier alpha value is -1.62. The van der Waals surface area contributed by atoms with Gasteiger partial charge < -0.3 is 15.3 Å². The summed E-state index contributed by atoms with van der Waals surface area (Å²) in [6.07, 6.45) is 0.769. The molecule has 5 heteroatoms. The van der Waals surface area contributed by atoms with Crippen LogP contribution in [0, 0.1) is 5.82 Å². The van der Waals surface area contributed by atoms with Crippen LogP contribution in [-0.2, 0) is 11.4 Å². The van der Waals surface area contributed by atoms with Crippen LogP contribution in [0.25, 0.3) is 0 Å². The van der Waals surface area contributed by atoms with Crippen LogP contribution in [0.3, 0.4) is 0 Å². The maximum Gasteiger partial charge on any atom is 0.239 e. The summed E-state index contributed by atoms with van der Waals surface area (Å²) >= 11 is 0. The van der Waals surface area contributed by atoms with E-state index in [0.717, 1.165) is 6.42 Å². The quantitative estimate of drug-likeness (QED) is 0.795. The number of nitrogens with zero attached hydrogens (tertiary/aromatic N) is 1. The molecule has 0 atom stereocenters. The standard InChI is InChI=1S/C12H15FN2O2/c13-10-4-1-3-9(8-16)12(10)15-6-2-5-14-11(17)7-15/h1,3-4,16H,2,5-8H2,(H,14,17). The van der Waals surface area contributed by atoms with Gasteiger partial charge >= 0.3 is 0 Å². The van der Waals surface area contributed by atoms with Crippen molar-refractivity contribution < 1.29 is 14.3 Å². The third-order valence-corrected chi connectivity index (χ3v) is 2.82. The molecule has 1 saturated heterocycles. The van der Waals surface area contributed by atoms with Crippen LogP contribution < -0.4 is 10.2 Å². The van der Waals surface area contributed by atoms with E-state index in [1.54, 1.807) is 17.0 Å². The second-order valence-electron chi connectivity index (χ2n) is 4.03. The van der Waals surface area contributed by atoms with Crippen LogP contribution in [0.15, 0.2) is 18.2 Å². The molecule has 1 aromatic carbocycles. The zero-order valence-corrected chi connectivity index (χ0v) is 9.45. The van der Waals surface area contributed by atoms with E-state index in [1.165, 1.54) is 6.07 Å². The summed E-state index contributed by atoms with van der Waals surface area (Å²) in [4.78, 5) is 13.1. The Kier molecular flexibility index (Phi) is 3.58. The molecule has 1 aliphatic heterocycles. The maximum atomic E-state index is 13.8. The van der Waals surface area contributed by atoms with Crippen LogP contribution in [-0.4, -0.2) is 30.6 Å². The lowest BCUT2D eigenvalue weighted by atomic mass is 10.1. The number of aliphatic hydroxyl groups is 1. The Morgan fingerprint density at radius 2 is 2.29 bits per heavy atom. The Morgan fingerprint density at radius 3 is 3.06 bits per heavy atom. The lowest BCUT2D eigenvalue weighted by Gasteiger charge is -2.24. The molecule has 2 rings (SSSR count). The molecule has 2 N–H and O–H groups in total. The molecule has 92 valence electrons. The third kappa shape index (κ3) is 2.55. The first-order valence-corrected chi connectivity index (χ1v) is 5.62. The van der Waals surface area contributed by atoms with E-state index in [4.69, 9.17) is 0 Å². The van der Waals surface area contributed by atoms with Crippen molar-refractivity contribution in [2.24, 2.45) is 0 Å². The minimum atomic E-state index is -0.397. The molecule has 0 aliphatic carbocycles. The van der Waals surface area contributed by atoms with E-state index in [1.807, 2.05) is 0 Å². The summed E-state index contributed by atoms with van der Waals surface area (Å²) in [5, 5.41) is 12.0. The normalized spacial score (nSPS) is 16.6. The molecule has 0 aromatic heterocycles. The Morgan fingerprint density at radius 1 is 1.47 bits per heavy atom. The summed E-state index contributed by atoms with van der Waals surface area (Å²) in [5.41, 5.74) is 0.853. The highest BCUT2D eigenvalue weighted by Crippen LogP contribution is 2.25. The fourth-order valence-electron chi connectivity index (χ4n) is 2.04. The van der Waals surface area contributed by atoms with Gasteiger partial charge in [0, 0.05) is 18.7 Å². The average Bonchev–Trinajstić information content (AvgIpc) is 2.53. The van der Waals surface area contributed by atoms with Gasteiger partial charge in [0.2, 0.25) is 5.91 Å². The fourth-order valence-corrected chi connectivity index (χ4v) is 2.04. The monoisotopic (exact) mass is 238 g/mol. The van der Waals surface area contributed by atoms with Crippen molar-refractivity contribution in [1.82, 2.24) is 5.32 Å². The first kappa shape index (κ1) is 11.9. The van der Waals surface area contributed by atoms with Crippen molar-refractivity contribution in [2.45, 2.75) is 13.0 Å². The Labute approximate surface area is 99.0 Å². The lowest BCUT2D eigenvalue weighted by Crippen LogP contribution is -2.34. The van der Waals surface area contributed by atoms with Gasteiger partial charge in [-0.2, -0.15) is 0 Å². The molecule has 1 aliphatic rings. The van der Waals surface area contributed by atoms with Gasteiger partial charge in [0.15, 0.2) is 0 Å². The molecule has 1 fully saturated rings. The molecule has 1 amide bonds. The maximum absolute atomic E-state index is 13.8. The predicted molar refractivity (Wildman–Crippen MR) is 62.2 cm³/mol. The van der Waals surface area contributed by atoms with E-state index in [0.29, 0.717) is 24.3 Å². The number of halogens is 1. The second-order valence-corrected chi connectivity index (χ2v) is 4.03. The number of carbonyl (C=O) groups excluding carboxylic acids is 1. The number of para-hydroxylation sites is 1. The fraction of sp³-hybridized carbons (Fsp3) is 0.417. The molecule has 0 bridgehead atoms. The number of carbonyl (C=O) groups is 1. The van der Waals surface area contributed by atoms with Gasteiger partial charge in [-0.25, -0.2) is 4.39 Å². The van der Waals surface area contributed by atoms with Gasteiger partial charge in [-0.3, -0.25) is 4.79 Å². The number of benzene rings is 1. The van der Waals surface area contributed by atoms with Crippen LogP contribution in [0.5, 0.6) is 0 Å². The van der Waals surface area contributed by atoms with Crippen molar-refractivity contribution in [3.8, 4) is 0 Å². The summed E-state index contributed by atoms with van der Waals surface area (Å²) in [7, 11) is 0. The molecule has 0 spiro atoms. The van der Waals surface area contributed by atoms with Gasteiger partial charge in [0.25, 0.3) is 0 Å². The molecule has 1 heterocycles. The van der Waals surface area contributed by atoms with Crippen LogP contribution in [0.2, 0.25) is 0 Å². The zero-order chi connectivity index (χ0) is 12.3. The van der Waals surface area contributed by atoms with Gasteiger partial charge in [-0.1, -0.05) is 12.1 Å². The van der Waals surface area contributed by atoms with Crippen molar-refractivity contribution in [3.05, 3.63) is 29.6 Å². The van der Waals surface area contributed by atoms with Crippen LogP contribution in [0.4, 0.5) is 10.1 Å². The average molecular weight is 238 g/mol. The SMILES string of the molecule is O=C1CN(c2c(F)cccc2CO)CCCN1. The van der Waals surface area contributed by atoms with E-state index in [2.05, 4.69) is 5.32 Å². The number of hydrogen-bond donors (Lipinski definition) is 2. The van der Waals surface area contributed by atoms with Crippen LogP contribution >= 0.6 is 0 Å². The number of nitrogens with one attached hydrogen (secondary N) is 1. The number of hydrogen-bond acceptors (Lipinski definition) is 3. The largest absolute Gasteiger partial charge is 0.392 e. The van der Waals surface area contributed by atoms with Crippen molar-refractivity contribution in [2.75, 3.05) is 24.5 Å². The van der Waals surface area contributed by atoms with Gasteiger partial charge in [-0.05, 0) is 12.5 Å². The highest BCUT2D eigenvalue weighted by Gasteiger charge is 2.20. The molecule has 0 saturated carbocycles. The second kappa shape index (κ2) is 5.14. The van der Waals surface area contributed by atoms with Crippen molar-refractivity contribution >= 4 is 11.6 Å².